The van der Waals surface area contributed by atoms with E-state index in [4.69, 9.17) is 23.1 Å². The molecular formula is C10H8ClFN4. The maximum atomic E-state index is 13.7. The molecule has 0 radical (unpaired) electrons. The Kier molecular flexibility index (Phi) is 2.62. The predicted molar refractivity (Wildman–Crippen MR) is 61.3 cm³/mol. The highest BCUT2D eigenvalue weighted by atomic mass is 35.5. The average molecular weight is 239 g/mol. The summed E-state index contributed by atoms with van der Waals surface area (Å²) in [6, 6.07) is 6.60. The highest BCUT2D eigenvalue weighted by Gasteiger charge is 2.12. The number of rotatable bonds is 1. The van der Waals surface area contributed by atoms with Gasteiger partial charge in [0.1, 0.15) is 5.69 Å². The molecule has 2 aromatic rings. The zero-order chi connectivity index (χ0) is 11.7. The normalized spacial score (nSPS) is 10.4. The molecule has 0 aliphatic rings. The SMILES string of the molecule is Nc1nc(N)c(F)c(-c2cccc(Cl)c2)n1. The van der Waals surface area contributed by atoms with Gasteiger partial charge in [-0.3, -0.25) is 0 Å². The molecule has 0 bridgehead atoms. The van der Waals surface area contributed by atoms with Crippen molar-refractivity contribution in [2.75, 3.05) is 11.5 Å². The number of aromatic nitrogens is 2. The monoisotopic (exact) mass is 238 g/mol. The first-order valence-corrected chi connectivity index (χ1v) is 4.80. The molecule has 16 heavy (non-hydrogen) atoms. The minimum atomic E-state index is -0.698. The van der Waals surface area contributed by atoms with Crippen LogP contribution in [0, 0.1) is 5.82 Å². The van der Waals surface area contributed by atoms with Gasteiger partial charge in [0.2, 0.25) is 5.95 Å². The van der Waals surface area contributed by atoms with Crippen molar-refractivity contribution in [3.05, 3.63) is 35.1 Å². The highest BCUT2D eigenvalue weighted by Crippen LogP contribution is 2.26. The van der Waals surface area contributed by atoms with E-state index in [1.165, 1.54) is 0 Å². The average Bonchev–Trinajstić information content (AvgIpc) is 2.23. The first kappa shape index (κ1) is 10.6. The number of nitrogens with two attached hydrogens (primary N) is 2. The van der Waals surface area contributed by atoms with Crippen LogP contribution in [0.4, 0.5) is 16.2 Å². The molecule has 0 aliphatic carbocycles. The zero-order valence-electron chi connectivity index (χ0n) is 8.11. The Labute approximate surface area is 96.1 Å². The molecule has 1 heterocycles. The molecule has 0 spiro atoms. The van der Waals surface area contributed by atoms with Gasteiger partial charge < -0.3 is 11.5 Å². The van der Waals surface area contributed by atoms with Crippen molar-refractivity contribution in [2.24, 2.45) is 0 Å². The highest BCUT2D eigenvalue weighted by molar-refractivity contribution is 6.30. The van der Waals surface area contributed by atoms with Crippen molar-refractivity contribution >= 4 is 23.4 Å². The molecule has 0 atom stereocenters. The van der Waals surface area contributed by atoms with Crippen molar-refractivity contribution in [3.63, 3.8) is 0 Å². The molecule has 0 unspecified atom stereocenters. The molecular weight excluding hydrogens is 231 g/mol. The van der Waals surface area contributed by atoms with E-state index in [1.807, 2.05) is 0 Å². The van der Waals surface area contributed by atoms with Crippen LogP contribution in [0.3, 0.4) is 0 Å². The minimum Gasteiger partial charge on any atom is -0.381 e. The number of anilines is 2. The summed E-state index contributed by atoms with van der Waals surface area (Å²) >= 11 is 5.80. The molecule has 0 fully saturated rings. The van der Waals surface area contributed by atoms with Crippen LogP contribution < -0.4 is 11.5 Å². The largest absolute Gasteiger partial charge is 0.381 e. The van der Waals surface area contributed by atoms with E-state index in [0.29, 0.717) is 10.6 Å². The van der Waals surface area contributed by atoms with Gasteiger partial charge in [-0.2, -0.15) is 4.98 Å². The lowest BCUT2D eigenvalue weighted by Crippen LogP contribution is -2.05. The molecule has 1 aromatic carbocycles. The topological polar surface area (TPSA) is 77.8 Å². The first-order valence-electron chi connectivity index (χ1n) is 4.42. The molecule has 1 aromatic heterocycles. The standard InChI is InChI=1S/C10H8ClFN4/c11-6-3-1-2-5(4-6)8-7(12)9(13)16-10(14)15-8/h1-4H,(H4,13,14,15,16). The molecule has 4 nitrogen and oxygen atoms in total. The summed E-state index contributed by atoms with van der Waals surface area (Å²) < 4.78 is 13.7. The number of nitrogens with zero attached hydrogens (tertiary/aromatic N) is 2. The Bertz CT molecular complexity index is 544. The van der Waals surface area contributed by atoms with Gasteiger partial charge in [-0.05, 0) is 12.1 Å². The van der Waals surface area contributed by atoms with Crippen molar-refractivity contribution < 1.29 is 4.39 Å². The van der Waals surface area contributed by atoms with E-state index >= 15 is 0 Å². The van der Waals surface area contributed by atoms with Crippen LogP contribution in [0.1, 0.15) is 0 Å². The minimum absolute atomic E-state index is 0.0486. The van der Waals surface area contributed by atoms with E-state index in [-0.39, 0.29) is 17.5 Å². The van der Waals surface area contributed by atoms with Crippen molar-refractivity contribution in [1.29, 1.82) is 0 Å². The molecule has 0 saturated carbocycles. The van der Waals surface area contributed by atoms with Gasteiger partial charge in [0.05, 0.1) is 0 Å². The lowest BCUT2D eigenvalue weighted by Gasteiger charge is -2.05. The second-order valence-electron chi connectivity index (χ2n) is 3.14. The van der Waals surface area contributed by atoms with Crippen LogP contribution in [-0.4, -0.2) is 9.97 Å². The second kappa shape index (κ2) is 3.94. The van der Waals surface area contributed by atoms with Gasteiger partial charge in [0, 0.05) is 10.6 Å². The van der Waals surface area contributed by atoms with Crippen molar-refractivity contribution in [2.45, 2.75) is 0 Å². The Morgan fingerprint density at radius 2 is 1.94 bits per heavy atom. The summed E-state index contributed by atoms with van der Waals surface area (Å²) in [5.74, 6) is -1.05. The quantitative estimate of drug-likeness (QED) is 0.798. The van der Waals surface area contributed by atoms with E-state index < -0.39 is 5.82 Å². The third kappa shape index (κ3) is 1.90. The third-order valence-electron chi connectivity index (χ3n) is 1.99. The van der Waals surface area contributed by atoms with E-state index in [2.05, 4.69) is 9.97 Å². The Hall–Kier alpha value is -1.88. The van der Waals surface area contributed by atoms with Gasteiger partial charge in [-0.15, -0.1) is 0 Å². The Morgan fingerprint density at radius 1 is 1.19 bits per heavy atom. The van der Waals surface area contributed by atoms with Gasteiger partial charge in [-0.25, -0.2) is 9.37 Å². The molecule has 82 valence electrons. The summed E-state index contributed by atoms with van der Waals surface area (Å²) in [4.78, 5) is 7.32. The van der Waals surface area contributed by atoms with Crippen LogP contribution >= 0.6 is 11.6 Å². The van der Waals surface area contributed by atoms with Crippen molar-refractivity contribution in [1.82, 2.24) is 9.97 Å². The molecule has 0 amide bonds. The van der Waals surface area contributed by atoms with E-state index in [1.54, 1.807) is 24.3 Å². The molecule has 2 rings (SSSR count). The first-order chi connectivity index (χ1) is 7.58. The Balaban J connectivity index is 2.64. The van der Waals surface area contributed by atoms with Gasteiger partial charge in [0.15, 0.2) is 11.6 Å². The molecule has 6 heteroatoms. The smallest absolute Gasteiger partial charge is 0.222 e. The van der Waals surface area contributed by atoms with Crippen LogP contribution in [0.15, 0.2) is 24.3 Å². The van der Waals surface area contributed by atoms with Gasteiger partial charge in [-0.1, -0.05) is 23.7 Å². The third-order valence-corrected chi connectivity index (χ3v) is 2.23. The number of halogens is 2. The lowest BCUT2D eigenvalue weighted by atomic mass is 10.1. The van der Waals surface area contributed by atoms with Crippen LogP contribution in [-0.2, 0) is 0 Å². The predicted octanol–water partition coefficient (Wildman–Crippen LogP) is 2.10. The van der Waals surface area contributed by atoms with Crippen molar-refractivity contribution in [3.8, 4) is 11.3 Å². The zero-order valence-corrected chi connectivity index (χ0v) is 8.87. The molecule has 0 aliphatic heterocycles. The van der Waals surface area contributed by atoms with E-state index in [0.717, 1.165) is 0 Å². The summed E-state index contributed by atoms with van der Waals surface area (Å²) in [7, 11) is 0. The molecule has 4 N–H and O–H groups in total. The fraction of sp³-hybridized carbons (Fsp3) is 0. The second-order valence-corrected chi connectivity index (χ2v) is 3.58. The van der Waals surface area contributed by atoms with Crippen LogP contribution in [0.2, 0.25) is 5.02 Å². The summed E-state index contributed by atoms with van der Waals surface area (Å²) in [5, 5.41) is 0.479. The fourth-order valence-corrected chi connectivity index (χ4v) is 1.50. The summed E-state index contributed by atoms with van der Waals surface area (Å²) in [5.41, 5.74) is 11.3. The Morgan fingerprint density at radius 3 is 2.62 bits per heavy atom. The molecule has 0 saturated heterocycles. The van der Waals surface area contributed by atoms with Gasteiger partial charge in [0.25, 0.3) is 0 Å². The van der Waals surface area contributed by atoms with E-state index in [9.17, 15) is 4.39 Å². The van der Waals surface area contributed by atoms with Gasteiger partial charge >= 0.3 is 0 Å². The van der Waals surface area contributed by atoms with Crippen LogP contribution in [0.25, 0.3) is 11.3 Å². The summed E-state index contributed by atoms with van der Waals surface area (Å²) in [6.45, 7) is 0. The maximum absolute atomic E-state index is 13.7. The number of hydrogen-bond donors (Lipinski definition) is 2. The number of benzene rings is 1. The number of hydrogen-bond acceptors (Lipinski definition) is 4. The fourth-order valence-electron chi connectivity index (χ4n) is 1.31. The summed E-state index contributed by atoms with van der Waals surface area (Å²) in [6.07, 6.45) is 0. The number of nitrogen functional groups attached to an aromatic ring is 2. The van der Waals surface area contributed by atoms with Crippen LogP contribution in [0.5, 0.6) is 0 Å². The lowest BCUT2D eigenvalue weighted by molar-refractivity contribution is 0.625. The maximum Gasteiger partial charge on any atom is 0.222 e.